The average molecular weight is 298 g/mol. The fourth-order valence-corrected chi connectivity index (χ4v) is 3.66. The molecule has 2 N–H and O–H groups in total. The van der Waals surface area contributed by atoms with Crippen molar-refractivity contribution in [2.24, 2.45) is 0 Å². The molecule has 0 spiro atoms. The number of rotatable bonds is 2. The highest BCUT2D eigenvalue weighted by Crippen LogP contribution is 2.29. The summed E-state index contributed by atoms with van der Waals surface area (Å²) in [5.41, 5.74) is 4.71. The lowest BCUT2D eigenvalue weighted by Crippen LogP contribution is -2.38. The van der Waals surface area contributed by atoms with Gasteiger partial charge in [0.25, 0.3) is 5.91 Å². The summed E-state index contributed by atoms with van der Waals surface area (Å²) < 4.78 is 5.34. The number of carbonyl (C=O) groups is 1. The molecule has 1 amide bonds. The van der Waals surface area contributed by atoms with Gasteiger partial charge in [0.05, 0.1) is 0 Å². The Labute approximate surface area is 130 Å². The number of hydrogen-bond donors (Lipinski definition) is 2. The van der Waals surface area contributed by atoms with Crippen molar-refractivity contribution in [1.29, 1.82) is 0 Å². The van der Waals surface area contributed by atoms with Crippen LogP contribution in [-0.2, 0) is 17.6 Å². The molecule has 0 bridgehead atoms. The van der Waals surface area contributed by atoms with Gasteiger partial charge in [-0.2, -0.15) is 0 Å². The van der Waals surface area contributed by atoms with Crippen LogP contribution >= 0.6 is 0 Å². The zero-order valence-electron chi connectivity index (χ0n) is 12.8. The lowest BCUT2D eigenvalue weighted by molar-refractivity contribution is 0.0696. The zero-order chi connectivity index (χ0) is 14.9. The molecule has 116 valence electrons. The lowest BCUT2D eigenvalue weighted by Gasteiger charge is -2.23. The first-order chi connectivity index (χ1) is 10.8. The van der Waals surface area contributed by atoms with E-state index in [1.165, 1.54) is 29.5 Å². The first kappa shape index (κ1) is 13.8. The molecule has 1 aliphatic heterocycles. The Hall–Kier alpha value is -1.81. The number of ether oxygens (including phenoxy) is 1. The summed E-state index contributed by atoms with van der Waals surface area (Å²) >= 11 is 0. The van der Waals surface area contributed by atoms with Crippen molar-refractivity contribution in [2.75, 3.05) is 13.2 Å². The van der Waals surface area contributed by atoms with E-state index in [0.29, 0.717) is 0 Å². The molecule has 1 saturated heterocycles. The molecule has 0 atom stereocenters. The lowest BCUT2D eigenvalue weighted by atomic mass is 9.95. The summed E-state index contributed by atoms with van der Waals surface area (Å²) in [6, 6.07) is 6.29. The molecule has 4 nitrogen and oxygen atoms in total. The van der Waals surface area contributed by atoms with Crippen molar-refractivity contribution < 1.29 is 9.53 Å². The monoisotopic (exact) mass is 298 g/mol. The largest absolute Gasteiger partial charge is 0.381 e. The zero-order valence-corrected chi connectivity index (χ0v) is 12.8. The minimum Gasteiger partial charge on any atom is -0.381 e. The molecule has 0 unspecified atom stereocenters. The maximum absolute atomic E-state index is 12.5. The summed E-state index contributed by atoms with van der Waals surface area (Å²) in [5.74, 6) is 0.0413. The topological polar surface area (TPSA) is 54.1 Å². The molecular formula is C18H22N2O2. The summed E-state index contributed by atoms with van der Waals surface area (Å²) in [5, 5.41) is 4.37. The fraction of sp³-hybridized carbons (Fsp3) is 0.500. The fourth-order valence-electron chi connectivity index (χ4n) is 3.66. The van der Waals surface area contributed by atoms with E-state index in [1.54, 1.807) is 0 Å². The van der Waals surface area contributed by atoms with Crippen molar-refractivity contribution >= 4 is 16.8 Å². The maximum atomic E-state index is 12.5. The highest BCUT2D eigenvalue weighted by molar-refractivity contribution is 5.99. The third kappa shape index (κ3) is 2.52. The van der Waals surface area contributed by atoms with E-state index in [1.807, 2.05) is 12.1 Å². The summed E-state index contributed by atoms with van der Waals surface area (Å²) in [4.78, 5) is 16.0. The maximum Gasteiger partial charge on any atom is 0.251 e. The molecule has 1 aliphatic carbocycles. The third-order valence-electron chi connectivity index (χ3n) is 4.92. The molecule has 1 aromatic carbocycles. The van der Waals surface area contributed by atoms with E-state index in [0.717, 1.165) is 50.0 Å². The molecule has 0 saturated carbocycles. The van der Waals surface area contributed by atoms with E-state index in [9.17, 15) is 4.79 Å². The van der Waals surface area contributed by atoms with Crippen LogP contribution in [0.4, 0.5) is 0 Å². The summed E-state index contributed by atoms with van der Waals surface area (Å²) in [6.45, 7) is 1.49. The number of hydrogen-bond acceptors (Lipinski definition) is 2. The van der Waals surface area contributed by atoms with Crippen LogP contribution in [-0.4, -0.2) is 30.1 Å². The van der Waals surface area contributed by atoms with Crippen LogP contribution in [0.2, 0.25) is 0 Å². The quantitative estimate of drug-likeness (QED) is 0.895. The van der Waals surface area contributed by atoms with Gasteiger partial charge in [-0.15, -0.1) is 0 Å². The minimum absolute atomic E-state index is 0.0413. The highest BCUT2D eigenvalue weighted by Gasteiger charge is 2.19. The second kappa shape index (κ2) is 5.76. The Morgan fingerprint density at radius 1 is 1.18 bits per heavy atom. The standard InChI is InChI=1S/C18H22N2O2/c21-18(19-13-7-9-22-10-8-13)12-5-6-17-15(11-12)14-3-1-2-4-16(14)20-17/h5-6,11,13,20H,1-4,7-10H2,(H,19,21). The van der Waals surface area contributed by atoms with Gasteiger partial charge in [-0.05, 0) is 62.3 Å². The van der Waals surface area contributed by atoms with Crippen LogP contribution in [0.25, 0.3) is 10.9 Å². The van der Waals surface area contributed by atoms with Crippen LogP contribution in [0.3, 0.4) is 0 Å². The third-order valence-corrected chi connectivity index (χ3v) is 4.92. The van der Waals surface area contributed by atoms with Gasteiger partial charge in [-0.3, -0.25) is 4.79 Å². The number of amides is 1. The van der Waals surface area contributed by atoms with Crippen molar-refractivity contribution in [2.45, 2.75) is 44.6 Å². The van der Waals surface area contributed by atoms with Gasteiger partial charge < -0.3 is 15.0 Å². The van der Waals surface area contributed by atoms with Crippen LogP contribution in [0.5, 0.6) is 0 Å². The normalized spacial score (nSPS) is 19.1. The Morgan fingerprint density at radius 3 is 2.86 bits per heavy atom. The van der Waals surface area contributed by atoms with Gasteiger partial charge >= 0.3 is 0 Å². The molecule has 0 radical (unpaired) electrons. The van der Waals surface area contributed by atoms with Gasteiger partial charge in [0, 0.05) is 41.4 Å². The molecule has 4 rings (SSSR count). The van der Waals surface area contributed by atoms with Crippen molar-refractivity contribution in [3.63, 3.8) is 0 Å². The first-order valence-electron chi connectivity index (χ1n) is 8.33. The van der Waals surface area contributed by atoms with Gasteiger partial charge in [-0.1, -0.05) is 0 Å². The van der Waals surface area contributed by atoms with E-state index < -0.39 is 0 Å². The number of fused-ring (bicyclic) bond motifs is 3. The van der Waals surface area contributed by atoms with Gasteiger partial charge in [0.15, 0.2) is 0 Å². The van der Waals surface area contributed by atoms with E-state index in [2.05, 4.69) is 16.4 Å². The predicted molar refractivity (Wildman–Crippen MR) is 86.2 cm³/mol. The Kier molecular flexibility index (Phi) is 3.62. The Bertz CT molecular complexity index is 698. The van der Waals surface area contributed by atoms with Gasteiger partial charge in [0.2, 0.25) is 0 Å². The SMILES string of the molecule is O=C(NC1CCOCC1)c1ccc2[nH]c3c(c2c1)CCCC3. The molecule has 2 aromatic rings. The predicted octanol–water partition coefficient (Wildman–Crippen LogP) is 2.96. The number of aromatic amines is 1. The molecular weight excluding hydrogens is 276 g/mol. The molecule has 2 aliphatic rings. The van der Waals surface area contributed by atoms with Crippen LogP contribution in [0.1, 0.15) is 47.3 Å². The number of benzene rings is 1. The Balaban J connectivity index is 1.59. The van der Waals surface area contributed by atoms with Crippen LogP contribution in [0, 0.1) is 0 Å². The average Bonchev–Trinajstić information content (AvgIpc) is 2.93. The number of carbonyl (C=O) groups excluding carboxylic acids is 1. The second-order valence-electron chi connectivity index (χ2n) is 6.41. The van der Waals surface area contributed by atoms with Gasteiger partial charge in [0.1, 0.15) is 0 Å². The van der Waals surface area contributed by atoms with Crippen LogP contribution < -0.4 is 5.32 Å². The summed E-state index contributed by atoms with van der Waals surface area (Å²) in [7, 11) is 0. The number of aromatic nitrogens is 1. The number of nitrogens with one attached hydrogen (secondary N) is 2. The van der Waals surface area contributed by atoms with Crippen molar-refractivity contribution in [3.05, 3.63) is 35.0 Å². The van der Waals surface area contributed by atoms with Gasteiger partial charge in [-0.25, -0.2) is 0 Å². The summed E-state index contributed by atoms with van der Waals surface area (Å²) in [6.07, 6.45) is 6.59. The van der Waals surface area contributed by atoms with Crippen LogP contribution in [0.15, 0.2) is 18.2 Å². The van der Waals surface area contributed by atoms with E-state index in [-0.39, 0.29) is 11.9 Å². The Morgan fingerprint density at radius 2 is 2.00 bits per heavy atom. The van der Waals surface area contributed by atoms with E-state index >= 15 is 0 Å². The van der Waals surface area contributed by atoms with Crippen molar-refractivity contribution in [1.82, 2.24) is 10.3 Å². The molecule has 2 heterocycles. The van der Waals surface area contributed by atoms with Crippen molar-refractivity contribution in [3.8, 4) is 0 Å². The smallest absolute Gasteiger partial charge is 0.251 e. The molecule has 1 aromatic heterocycles. The first-order valence-corrected chi connectivity index (χ1v) is 8.33. The number of H-pyrrole nitrogens is 1. The van der Waals surface area contributed by atoms with E-state index in [4.69, 9.17) is 4.74 Å². The highest BCUT2D eigenvalue weighted by atomic mass is 16.5. The molecule has 1 fully saturated rings. The molecule has 22 heavy (non-hydrogen) atoms. The molecule has 4 heteroatoms. The minimum atomic E-state index is 0.0413. The second-order valence-corrected chi connectivity index (χ2v) is 6.41. The number of aryl methyl sites for hydroxylation is 2.